The lowest BCUT2D eigenvalue weighted by molar-refractivity contribution is -0.157. The molecule has 1 N–H and O–H groups in total. The molecule has 2 aromatic carbocycles. The van der Waals surface area contributed by atoms with Crippen LogP contribution in [-0.2, 0) is 9.53 Å². The summed E-state index contributed by atoms with van der Waals surface area (Å²) in [5.41, 5.74) is 3.17. The van der Waals surface area contributed by atoms with Crippen molar-refractivity contribution in [2.45, 2.75) is 29.7 Å². The smallest absolute Gasteiger partial charge is 0.253 e. The standard InChI is InChI=1S/C25H31N3O3S/c1-3-32(2)22-7-5-4-6-20(22)26-23(32)18-8-10-19(11-9-18)24(29)27-13-15-28(16-14-27)25(30)21-12-17-31-21/h4-11,21,23,26H,3,12-17H2,1-2H3. The fourth-order valence-electron chi connectivity index (χ4n) is 4.84. The minimum atomic E-state index is -1.02. The second-order valence-electron chi connectivity index (χ2n) is 8.85. The van der Waals surface area contributed by atoms with Gasteiger partial charge in [0, 0.05) is 48.7 Å². The molecule has 6 nitrogen and oxygen atoms in total. The Morgan fingerprint density at radius 3 is 2.31 bits per heavy atom. The lowest BCUT2D eigenvalue weighted by atomic mass is 10.1. The van der Waals surface area contributed by atoms with Gasteiger partial charge in [0.05, 0.1) is 12.0 Å². The van der Waals surface area contributed by atoms with Gasteiger partial charge in [-0.15, -0.1) is 0 Å². The Morgan fingerprint density at radius 1 is 1.03 bits per heavy atom. The van der Waals surface area contributed by atoms with E-state index in [1.54, 1.807) is 0 Å². The number of piperazine rings is 1. The van der Waals surface area contributed by atoms with Gasteiger partial charge in [0.1, 0.15) is 6.10 Å². The Balaban J connectivity index is 1.25. The number of carbonyl (C=O) groups is 2. The van der Waals surface area contributed by atoms with E-state index < -0.39 is 10.0 Å². The molecule has 3 unspecified atom stereocenters. The zero-order chi connectivity index (χ0) is 22.3. The normalized spacial score (nSPS) is 28.8. The highest BCUT2D eigenvalue weighted by molar-refractivity contribution is 8.33. The van der Waals surface area contributed by atoms with E-state index in [2.05, 4.69) is 54.9 Å². The molecule has 2 fully saturated rings. The Hall–Kier alpha value is -2.51. The molecule has 3 atom stereocenters. The second kappa shape index (κ2) is 8.45. The maximum atomic E-state index is 13.1. The van der Waals surface area contributed by atoms with Crippen LogP contribution in [0.15, 0.2) is 53.4 Å². The van der Waals surface area contributed by atoms with Crippen LogP contribution in [0.1, 0.15) is 34.6 Å². The maximum Gasteiger partial charge on any atom is 0.253 e. The summed E-state index contributed by atoms with van der Waals surface area (Å²) in [5.74, 6) is 1.22. The lowest BCUT2D eigenvalue weighted by Gasteiger charge is -2.38. The Morgan fingerprint density at radius 2 is 1.69 bits per heavy atom. The van der Waals surface area contributed by atoms with Crippen LogP contribution in [0.2, 0.25) is 0 Å². The molecule has 170 valence electrons. The van der Waals surface area contributed by atoms with Crippen LogP contribution in [0.3, 0.4) is 0 Å². The average molecular weight is 454 g/mol. The summed E-state index contributed by atoms with van der Waals surface area (Å²) in [4.78, 5) is 30.5. The predicted molar refractivity (Wildman–Crippen MR) is 128 cm³/mol. The van der Waals surface area contributed by atoms with Gasteiger partial charge in [0.25, 0.3) is 11.8 Å². The topological polar surface area (TPSA) is 61.9 Å². The van der Waals surface area contributed by atoms with E-state index in [1.807, 2.05) is 21.9 Å². The molecule has 2 aromatic rings. The fourth-order valence-corrected chi connectivity index (χ4v) is 7.91. The van der Waals surface area contributed by atoms with Gasteiger partial charge in [-0.2, -0.15) is 10.0 Å². The average Bonchev–Trinajstić information content (AvgIpc) is 3.11. The molecule has 0 radical (unpaired) electrons. The number of nitrogens with zero attached hydrogens (tertiary/aromatic N) is 2. The highest BCUT2D eigenvalue weighted by Gasteiger charge is 2.38. The van der Waals surface area contributed by atoms with E-state index in [0.29, 0.717) is 38.3 Å². The van der Waals surface area contributed by atoms with Gasteiger partial charge in [0.15, 0.2) is 0 Å². The van der Waals surface area contributed by atoms with Crippen molar-refractivity contribution >= 4 is 27.5 Å². The number of rotatable bonds is 4. The van der Waals surface area contributed by atoms with Gasteiger partial charge < -0.3 is 19.9 Å². The molecule has 0 spiro atoms. The summed E-state index contributed by atoms with van der Waals surface area (Å²) in [6.45, 7) is 5.22. The van der Waals surface area contributed by atoms with Crippen molar-refractivity contribution in [2.24, 2.45) is 0 Å². The third-order valence-corrected chi connectivity index (χ3v) is 11.1. The van der Waals surface area contributed by atoms with E-state index in [1.165, 1.54) is 16.1 Å². The van der Waals surface area contributed by atoms with Gasteiger partial charge >= 0.3 is 0 Å². The van der Waals surface area contributed by atoms with Crippen LogP contribution in [0.4, 0.5) is 5.69 Å². The molecular weight excluding hydrogens is 422 g/mol. The van der Waals surface area contributed by atoms with Crippen LogP contribution >= 0.6 is 10.0 Å². The molecule has 32 heavy (non-hydrogen) atoms. The minimum absolute atomic E-state index is 0.0387. The molecule has 0 saturated carbocycles. The molecule has 5 rings (SSSR count). The van der Waals surface area contributed by atoms with E-state index in [-0.39, 0.29) is 23.3 Å². The first-order valence-corrected chi connectivity index (χ1v) is 13.7. The number of nitrogens with one attached hydrogen (secondary N) is 1. The van der Waals surface area contributed by atoms with E-state index >= 15 is 0 Å². The highest BCUT2D eigenvalue weighted by atomic mass is 32.3. The Bertz CT molecular complexity index is 1020. The minimum Gasteiger partial charge on any atom is -0.370 e. The van der Waals surface area contributed by atoms with Crippen LogP contribution in [0.5, 0.6) is 0 Å². The summed E-state index contributed by atoms with van der Waals surface area (Å²) in [5, 5.41) is 3.99. The van der Waals surface area contributed by atoms with Crippen LogP contribution in [0.25, 0.3) is 0 Å². The molecule has 2 amide bonds. The van der Waals surface area contributed by atoms with E-state index in [0.717, 1.165) is 12.2 Å². The van der Waals surface area contributed by atoms with Crippen molar-refractivity contribution < 1.29 is 14.3 Å². The van der Waals surface area contributed by atoms with Gasteiger partial charge in [-0.3, -0.25) is 9.59 Å². The quantitative estimate of drug-likeness (QED) is 0.767. The Kier molecular flexibility index (Phi) is 5.63. The first-order chi connectivity index (χ1) is 15.5. The number of benzene rings is 2. The van der Waals surface area contributed by atoms with E-state index in [4.69, 9.17) is 4.74 Å². The zero-order valence-electron chi connectivity index (χ0n) is 18.8. The van der Waals surface area contributed by atoms with Crippen LogP contribution < -0.4 is 5.32 Å². The number of fused-ring (bicyclic) bond motifs is 1. The zero-order valence-corrected chi connectivity index (χ0v) is 19.6. The summed E-state index contributed by atoms with van der Waals surface area (Å²) >= 11 is 0. The van der Waals surface area contributed by atoms with Gasteiger partial charge in [-0.25, -0.2) is 0 Å². The third kappa shape index (κ3) is 3.57. The SMILES string of the molecule is CCS1(C)c2ccccc2NC1c1ccc(C(=O)N2CCN(C(=O)C3CCO3)CC2)cc1. The number of anilines is 1. The number of amides is 2. The first-order valence-electron chi connectivity index (χ1n) is 11.4. The van der Waals surface area contributed by atoms with Crippen LogP contribution in [0, 0.1) is 0 Å². The van der Waals surface area contributed by atoms with Crippen molar-refractivity contribution in [3.05, 3.63) is 59.7 Å². The maximum absolute atomic E-state index is 13.1. The summed E-state index contributed by atoms with van der Waals surface area (Å²) in [6.07, 6.45) is 2.94. The second-order valence-corrected chi connectivity index (χ2v) is 12.7. The van der Waals surface area contributed by atoms with Crippen molar-refractivity contribution in [1.82, 2.24) is 9.80 Å². The molecule has 3 heterocycles. The highest BCUT2D eigenvalue weighted by Crippen LogP contribution is 2.69. The lowest BCUT2D eigenvalue weighted by Crippen LogP contribution is -2.54. The van der Waals surface area contributed by atoms with Crippen molar-refractivity contribution in [1.29, 1.82) is 0 Å². The monoisotopic (exact) mass is 453 g/mol. The van der Waals surface area contributed by atoms with Gasteiger partial charge in [0.2, 0.25) is 0 Å². The summed E-state index contributed by atoms with van der Waals surface area (Å²) in [7, 11) is -1.02. The molecule has 7 heteroatoms. The molecule has 3 aliphatic rings. The predicted octanol–water partition coefficient (Wildman–Crippen LogP) is 3.70. The van der Waals surface area contributed by atoms with Crippen molar-refractivity contribution in [3.63, 3.8) is 0 Å². The molecule has 2 saturated heterocycles. The first kappa shape index (κ1) is 21.3. The van der Waals surface area contributed by atoms with Crippen LogP contribution in [-0.4, -0.2) is 72.5 Å². The number of carbonyl (C=O) groups excluding carboxylic acids is 2. The fraction of sp³-hybridized carbons (Fsp3) is 0.440. The largest absolute Gasteiger partial charge is 0.370 e. The summed E-state index contributed by atoms with van der Waals surface area (Å²) in [6, 6.07) is 16.7. The van der Waals surface area contributed by atoms with Gasteiger partial charge in [-0.05, 0) is 41.8 Å². The van der Waals surface area contributed by atoms with Crippen molar-refractivity contribution in [2.75, 3.05) is 50.1 Å². The van der Waals surface area contributed by atoms with Gasteiger partial charge in [-0.1, -0.05) is 31.2 Å². The number of ether oxygens (including phenoxy) is 1. The van der Waals surface area contributed by atoms with Crippen molar-refractivity contribution in [3.8, 4) is 0 Å². The molecule has 0 aromatic heterocycles. The molecule has 0 bridgehead atoms. The Labute approximate surface area is 191 Å². The molecule has 3 aliphatic heterocycles. The summed E-state index contributed by atoms with van der Waals surface area (Å²) < 4.78 is 5.31. The molecular formula is C25H31N3O3S. The molecule has 0 aliphatic carbocycles. The number of hydrogen-bond acceptors (Lipinski definition) is 4. The third-order valence-electron chi connectivity index (χ3n) is 7.11. The number of hydrogen-bond donors (Lipinski definition) is 1. The number of para-hydroxylation sites is 1. The van der Waals surface area contributed by atoms with E-state index in [9.17, 15) is 9.59 Å².